The highest BCUT2D eigenvalue weighted by atomic mass is 35.5. The van der Waals surface area contributed by atoms with Crippen LogP contribution in [0.1, 0.15) is 43.2 Å². The van der Waals surface area contributed by atoms with Crippen LogP contribution >= 0.6 is 23.2 Å². The number of para-hydroxylation sites is 2. The van der Waals surface area contributed by atoms with Crippen LogP contribution in [-0.2, 0) is 22.6 Å². The van der Waals surface area contributed by atoms with Crippen LogP contribution in [0.25, 0.3) is 0 Å². The summed E-state index contributed by atoms with van der Waals surface area (Å²) < 4.78 is 0. The Kier molecular flexibility index (Phi) is 6.74. The van der Waals surface area contributed by atoms with Gasteiger partial charge in [0, 0.05) is 42.1 Å². The number of aryl methyl sites for hydroxylation is 1. The maximum Gasteiger partial charge on any atom is 0.303 e. The molecule has 0 spiro atoms. The first kappa shape index (κ1) is 23.5. The minimum Gasteiger partial charge on any atom is -0.481 e. The summed E-state index contributed by atoms with van der Waals surface area (Å²) >= 11 is 13.0. The van der Waals surface area contributed by atoms with Crippen LogP contribution in [0.4, 0.5) is 11.4 Å². The van der Waals surface area contributed by atoms with E-state index in [1.165, 1.54) is 18.5 Å². The fourth-order valence-corrected chi connectivity index (χ4v) is 5.78. The summed E-state index contributed by atoms with van der Waals surface area (Å²) in [5.74, 6) is -0.713. The summed E-state index contributed by atoms with van der Waals surface area (Å²) in [6.07, 6.45) is 4.60. The predicted octanol–water partition coefficient (Wildman–Crippen LogP) is 4.99. The summed E-state index contributed by atoms with van der Waals surface area (Å²) in [6, 6.07) is 12.3. The number of anilines is 2. The summed E-state index contributed by atoms with van der Waals surface area (Å²) in [4.78, 5) is 31.3. The van der Waals surface area contributed by atoms with Crippen molar-refractivity contribution in [2.75, 3.05) is 29.4 Å². The average molecular weight is 502 g/mol. The van der Waals surface area contributed by atoms with E-state index in [2.05, 4.69) is 28.0 Å². The van der Waals surface area contributed by atoms with Gasteiger partial charge in [0.1, 0.15) is 0 Å². The number of likely N-dealkylation sites (tertiary alicyclic amines) is 1. The third-order valence-electron chi connectivity index (χ3n) is 7.15. The normalized spacial score (nSPS) is 20.5. The number of carboxylic acid groups (broad SMARTS) is 1. The van der Waals surface area contributed by atoms with Crippen molar-refractivity contribution < 1.29 is 14.7 Å². The highest BCUT2D eigenvalue weighted by Crippen LogP contribution is 2.40. The lowest BCUT2D eigenvalue weighted by atomic mass is 10.1. The van der Waals surface area contributed by atoms with E-state index in [0.717, 1.165) is 42.7 Å². The summed E-state index contributed by atoms with van der Waals surface area (Å²) in [7, 11) is 0. The van der Waals surface area contributed by atoms with Gasteiger partial charge in [0.2, 0.25) is 5.91 Å². The second-order valence-corrected chi connectivity index (χ2v) is 10.3. The number of hydrogen-bond donors (Lipinski definition) is 1. The van der Waals surface area contributed by atoms with Gasteiger partial charge in [-0.2, -0.15) is 0 Å². The first-order valence-electron chi connectivity index (χ1n) is 12.0. The zero-order valence-electron chi connectivity index (χ0n) is 19.1. The van der Waals surface area contributed by atoms with Crippen molar-refractivity contribution >= 4 is 46.5 Å². The van der Waals surface area contributed by atoms with Crippen LogP contribution in [0.15, 0.2) is 36.4 Å². The first-order valence-corrected chi connectivity index (χ1v) is 12.8. The molecule has 1 unspecified atom stereocenters. The van der Waals surface area contributed by atoms with Crippen LogP contribution in [-0.4, -0.2) is 53.6 Å². The van der Waals surface area contributed by atoms with Gasteiger partial charge in [0.05, 0.1) is 17.4 Å². The standard InChI is InChI=1S/C26H29Cl2N3O3/c27-20-15-18(21(28)14-17(20)7-10-25(32)33)16-29-11-3-6-24(29)26(34)31-13-12-30(19-8-9-19)22-4-1-2-5-23(22)31/h1-2,4-5,14-15,19,24H,3,6-13,16H2,(H,32,33). The molecule has 0 radical (unpaired) electrons. The molecule has 1 aliphatic carbocycles. The van der Waals surface area contributed by atoms with E-state index in [9.17, 15) is 9.59 Å². The maximum atomic E-state index is 13.8. The van der Waals surface area contributed by atoms with Crippen molar-refractivity contribution in [3.8, 4) is 0 Å². The molecule has 1 atom stereocenters. The highest BCUT2D eigenvalue weighted by molar-refractivity contribution is 6.34. The maximum absolute atomic E-state index is 13.8. The number of hydrogen-bond acceptors (Lipinski definition) is 4. The van der Waals surface area contributed by atoms with E-state index in [4.69, 9.17) is 28.3 Å². The Bertz CT molecular complexity index is 1100. The van der Waals surface area contributed by atoms with E-state index < -0.39 is 5.97 Å². The third kappa shape index (κ3) is 4.77. The monoisotopic (exact) mass is 501 g/mol. The van der Waals surface area contributed by atoms with E-state index in [1.54, 1.807) is 6.07 Å². The molecule has 1 saturated heterocycles. The lowest BCUT2D eigenvalue weighted by Crippen LogP contribution is -2.51. The molecule has 6 nitrogen and oxygen atoms in total. The molecular formula is C26H29Cl2N3O3. The number of amides is 1. The Morgan fingerprint density at radius 1 is 0.941 bits per heavy atom. The van der Waals surface area contributed by atoms with Gasteiger partial charge in [-0.1, -0.05) is 35.3 Å². The molecule has 2 fully saturated rings. The summed E-state index contributed by atoms with van der Waals surface area (Å²) in [5.41, 5.74) is 3.78. The van der Waals surface area contributed by atoms with Crippen molar-refractivity contribution in [1.82, 2.24) is 4.90 Å². The second kappa shape index (κ2) is 9.76. The van der Waals surface area contributed by atoms with Crippen LogP contribution in [0, 0.1) is 0 Å². The second-order valence-electron chi connectivity index (χ2n) is 9.46. The predicted molar refractivity (Wildman–Crippen MR) is 135 cm³/mol. The lowest BCUT2D eigenvalue weighted by molar-refractivity contribution is -0.137. The SMILES string of the molecule is O=C(O)CCc1cc(Cl)c(CN2CCCC2C(=O)N2CCN(C3CC3)c3ccccc32)cc1Cl. The quantitative estimate of drug-likeness (QED) is 0.578. The number of benzene rings is 2. The van der Waals surface area contributed by atoms with E-state index in [-0.39, 0.29) is 18.4 Å². The Morgan fingerprint density at radius 2 is 1.65 bits per heavy atom. The van der Waals surface area contributed by atoms with Gasteiger partial charge in [0.15, 0.2) is 0 Å². The summed E-state index contributed by atoms with van der Waals surface area (Å²) in [5, 5.41) is 10.0. The fraction of sp³-hybridized carbons (Fsp3) is 0.462. The third-order valence-corrected chi connectivity index (χ3v) is 7.85. The molecule has 180 valence electrons. The number of carbonyl (C=O) groups is 2. The molecule has 1 N–H and O–H groups in total. The molecule has 0 aromatic heterocycles. The number of rotatable bonds is 7. The van der Waals surface area contributed by atoms with Gasteiger partial charge in [-0.3, -0.25) is 14.5 Å². The molecule has 1 saturated carbocycles. The van der Waals surface area contributed by atoms with Crippen LogP contribution in [0.5, 0.6) is 0 Å². The van der Waals surface area contributed by atoms with Crippen molar-refractivity contribution in [3.63, 3.8) is 0 Å². The van der Waals surface area contributed by atoms with Crippen molar-refractivity contribution in [3.05, 3.63) is 57.6 Å². The molecule has 2 aliphatic heterocycles. The highest BCUT2D eigenvalue weighted by Gasteiger charge is 2.39. The molecule has 34 heavy (non-hydrogen) atoms. The summed E-state index contributed by atoms with van der Waals surface area (Å²) in [6.45, 7) is 2.95. The van der Waals surface area contributed by atoms with Gasteiger partial charge < -0.3 is 14.9 Å². The Labute approximate surface area is 210 Å². The molecule has 2 heterocycles. The van der Waals surface area contributed by atoms with Crippen molar-refractivity contribution in [1.29, 1.82) is 0 Å². The zero-order valence-corrected chi connectivity index (χ0v) is 20.6. The Balaban J connectivity index is 1.32. The van der Waals surface area contributed by atoms with Gasteiger partial charge in [-0.15, -0.1) is 0 Å². The molecule has 1 amide bonds. The largest absolute Gasteiger partial charge is 0.481 e. The number of carboxylic acids is 1. The zero-order chi connectivity index (χ0) is 23.8. The molecule has 0 bridgehead atoms. The fourth-order valence-electron chi connectivity index (χ4n) is 5.26. The minimum atomic E-state index is -0.866. The Morgan fingerprint density at radius 3 is 2.38 bits per heavy atom. The molecule has 3 aliphatic rings. The minimum absolute atomic E-state index is 0.00752. The molecular weight excluding hydrogens is 473 g/mol. The molecule has 2 aromatic carbocycles. The molecule has 8 heteroatoms. The van der Waals surface area contributed by atoms with E-state index >= 15 is 0 Å². The van der Waals surface area contributed by atoms with E-state index in [1.807, 2.05) is 17.0 Å². The molecule has 2 aromatic rings. The average Bonchev–Trinajstić information content (AvgIpc) is 3.57. The first-order chi connectivity index (χ1) is 16.4. The van der Waals surface area contributed by atoms with Crippen LogP contribution in [0.3, 0.4) is 0 Å². The smallest absolute Gasteiger partial charge is 0.303 e. The van der Waals surface area contributed by atoms with Gasteiger partial charge in [0.25, 0.3) is 0 Å². The number of carbonyl (C=O) groups excluding carboxylic acids is 1. The van der Waals surface area contributed by atoms with Crippen molar-refractivity contribution in [2.24, 2.45) is 0 Å². The Hall–Kier alpha value is -2.28. The van der Waals surface area contributed by atoms with Crippen LogP contribution in [0.2, 0.25) is 10.0 Å². The number of fused-ring (bicyclic) bond motifs is 1. The topological polar surface area (TPSA) is 64.1 Å². The van der Waals surface area contributed by atoms with Gasteiger partial charge >= 0.3 is 5.97 Å². The van der Waals surface area contributed by atoms with E-state index in [0.29, 0.717) is 35.6 Å². The number of halogens is 2. The van der Waals surface area contributed by atoms with Crippen molar-refractivity contribution in [2.45, 2.75) is 57.2 Å². The van der Waals surface area contributed by atoms with Crippen LogP contribution < -0.4 is 9.80 Å². The van der Waals surface area contributed by atoms with Gasteiger partial charge in [-0.05, 0) is 74.0 Å². The number of aliphatic carboxylic acids is 1. The van der Waals surface area contributed by atoms with Gasteiger partial charge in [-0.25, -0.2) is 0 Å². The molecule has 5 rings (SSSR count). The lowest BCUT2D eigenvalue weighted by Gasteiger charge is -2.40. The number of nitrogens with zero attached hydrogens (tertiary/aromatic N) is 3.